The predicted molar refractivity (Wildman–Crippen MR) is 66.9 cm³/mol. The molecule has 0 unspecified atom stereocenters. The van der Waals surface area contributed by atoms with E-state index in [9.17, 15) is 0 Å². The Morgan fingerprint density at radius 2 is 2.31 bits per heavy atom. The van der Waals surface area contributed by atoms with Gasteiger partial charge in [-0.05, 0) is 29.1 Å². The number of thiophene rings is 1. The maximum atomic E-state index is 5.77. The molecule has 2 rings (SSSR count). The van der Waals surface area contributed by atoms with Crippen LogP contribution in [-0.2, 0) is 17.8 Å². The minimum Gasteiger partial charge on any atom is -0.376 e. The number of aromatic nitrogens is 1. The quantitative estimate of drug-likeness (QED) is 0.601. The zero-order valence-electron chi connectivity index (χ0n) is 8.73. The molecule has 2 heterocycles. The number of ether oxygens (including phenoxy) is 1. The van der Waals surface area contributed by atoms with Crippen molar-refractivity contribution in [2.24, 2.45) is 0 Å². The molecular formula is C12H12ClNOS. The topological polar surface area (TPSA) is 22.1 Å². The van der Waals surface area contributed by atoms with Crippen LogP contribution in [0.25, 0.3) is 0 Å². The first-order valence-electron chi connectivity index (χ1n) is 5.05. The summed E-state index contributed by atoms with van der Waals surface area (Å²) in [5, 5.41) is 2.59. The number of nitrogens with zero attached hydrogens (tertiary/aromatic N) is 1. The van der Waals surface area contributed by atoms with E-state index in [-0.39, 0.29) is 0 Å². The first kappa shape index (κ1) is 11.6. The number of rotatable bonds is 5. The van der Waals surface area contributed by atoms with E-state index in [1.807, 2.05) is 12.1 Å². The summed E-state index contributed by atoms with van der Waals surface area (Å²) in [6.07, 6.45) is 2.66. The molecule has 2 aromatic heterocycles. The van der Waals surface area contributed by atoms with Crippen molar-refractivity contribution in [1.82, 2.24) is 4.98 Å². The van der Waals surface area contributed by atoms with Crippen LogP contribution in [0.2, 0.25) is 5.15 Å². The van der Waals surface area contributed by atoms with Crippen LogP contribution in [0.5, 0.6) is 0 Å². The minimum absolute atomic E-state index is 0.513. The second-order valence-corrected chi connectivity index (χ2v) is 4.79. The van der Waals surface area contributed by atoms with Gasteiger partial charge in [0.05, 0.1) is 13.2 Å². The standard InChI is InChI=1S/C12H12ClNOS/c13-12-8-10(3-5-14-12)9-15-6-4-11-2-1-7-16-11/h1-3,5,7-8H,4,6,9H2. The van der Waals surface area contributed by atoms with Gasteiger partial charge in [-0.1, -0.05) is 17.7 Å². The molecular weight excluding hydrogens is 242 g/mol. The Hall–Kier alpha value is -0.900. The molecule has 0 amide bonds. The number of halogens is 1. The normalized spacial score (nSPS) is 10.6. The second-order valence-electron chi connectivity index (χ2n) is 3.37. The Balaban J connectivity index is 1.72. The van der Waals surface area contributed by atoms with Gasteiger partial charge in [-0.2, -0.15) is 0 Å². The van der Waals surface area contributed by atoms with Gasteiger partial charge in [-0.3, -0.25) is 0 Å². The van der Waals surface area contributed by atoms with Gasteiger partial charge >= 0.3 is 0 Å². The Bertz CT molecular complexity index is 430. The molecule has 0 bridgehead atoms. The lowest BCUT2D eigenvalue weighted by Gasteiger charge is -2.03. The van der Waals surface area contributed by atoms with Gasteiger partial charge in [0.2, 0.25) is 0 Å². The van der Waals surface area contributed by atoms with Crippen LogP contribution in [0, 0.1) is 0 Å². The number of hydrogen-bond donors (Lipinski definition) is 0. The summed E-state index contributed by atoms with van der Waals surface area (Å²) in [5.41, 5.74) is 1.06. The summed E-state index contributed by atoms with van der Waals surface area (Å²) in [7, 11) is 0. The lowest BCUT2D eigenvalue weighted by molar-refractivity contribution is 0.124. The molecule has 0 saturated heterocycles. The average molecular weight is 254 g/mol. The highest BCUT2D eigenvalue weighted by molar-refractivity contribution is 7.09. The van der Waals surface area contributed by atoms with Crippen LogP contribution in [0.4, 0.5) is 0 Å². The van der Waals surface area contributed by atoms with Gasteiger partial charge in [0.25, 0.3) is 0 Å². The van der Waals surface area contributed by atoms with E-state index in [1.54, 1.807) is 17.5 Å². The zero-order chi connectivity index (χ0) is 11.2. The molecule has 0 radical (unpaired) electrons. The molecule has 0 aromatic carbocycles. The average Bonchev–Trinajstić information content (AvgIpc) is 2.77. The van der Waals surface area contributed by atoms with Gasteiger partial charge < -0.3 is 4.74 Å². The molecule has 2 aromatic rings. The number of hydrogen-bond acceptors (Lipinski definition) is 3. The van der Waals surface area contributed by atoms with Gasteiger partial charge in [0.15, 0.2) is 0 Å². The molecule has 0 aliphatic rings. The Morgan fingerprint density at radius 1 is 1.38 bits per heavy atom. The summed E-state index contributed by atoms with van der Waals surface area (Å²) in [6, 6.07) is 7.92. The molecule has 0 aliphatic heterocycles. The lowest BCUT2D eigenvalue weighted by atomic mass is 10.3. The molecule has 0 N–H and O–H groups in total. The molecule has 0 spiro atoms. The smallest absolute Gasteiger partial charge is 0.129 e. The maximum Gasteiger partial charge on any atom is 0.129 e. The summed E-state index contributed by atoms with van der Waals surface area (Å²) in [6.45, 7) is 1.33. The summed E-state index contributed by atoms with van der Waals surface area (Å²) >= 11 is 7.53. The largest absolute Gasteiger partial charge is 0.376 e. The molecule has 2 nitrogen and oxygen atoms in total. The van der Waals surface area contributed by atoms with Crippen molar-refractivity contribution in [3.8, 4) is 0 Å². The third-order valence-corrected chi connectivity index (χ3v) is 3.28. The Labute approximate surface area is 104 Å². The Kier molecular flexibility index (Phi) is 4.34. The van der Waals surface area contributed by atoms with E-state index in [0.29, 0.717) is 11.8 Å². The molecule has 16 heavy (non-hydrogen) atoms. The van der Waals surface area contributed by atoms with E-state index in [2.05, 4.69) is 22.5 Å². The maximum absolute atomic E-state index is 5.77. The van der Waals surface area contributed by atoms with Gasteiger partial charge in [0.1, 0.15) is 5.15 Å². The van der Waals surface area contributed by atoms with E-state index in [1.165, 1.54) is 4.88 Å². The summed E-state index contributed by atoms with van der Waals surface area (Å²) < 4.78 is 5.57. The highest BCUT2D eigenvalue weighted by Crippen LogP contribution is 2.11. The highest BCUT2D eigenvalue weighted by atomic mass is 35.5. The van der Waals surface area contributed by atoms with Crippen molar-refractivity contribution >= 4 is 22.9 Å². The van der Waals surface area contributed by atoms with Gasteiger partial charge in [0, 0.05) is 17.5 Å². The minimum atomic E-state index is 0.513. The van der Waals surface area contributed by atoms with Crippen LogP contribution in [0.15, 0.2) is 35.8 Å². The molecule has 84 valence electrons. The fourth-order valence-electron chi connectivity index (χ4n) is 1.35. The van der Waals surface area contributed by atoms with Crippen molar-refractivity contribution in [1.29, 1.82) is 0 Å². The Morgan fingerprint density at radius 3 is 3.06 bits per heavy atom. The molecule has 0 atom stereocenters. The fourth-order valence-corrected chi connectivity index (χ4v) is 2.24. The van der Waals surface area contributed by atoms with Crippen molar-refractivity contribution in [3.05, 3.63) is 51.4 Å². The summed E-state index contributed by atoms with van der Waals surface area (Å²) in [5.74, 6) is 0. The SMILES string of the molecule is Clc1cc(COCCc2cccs2)ccn1. The van der Waals surface area contributed by atoms with Crippen LogP contribution < -0.4 is 0 Å². The first-order valence-corrected chi connectivity index (χ1v) is 6.31. The van der Waals surface area contributed by atoms with E-state index >= 15 is 0 Å². The highest BCUT2D eigenvalue weighted by Gasteiger charge is 1.97. The zero-order valence-corrected chi connectivity index (χ0v) is 10.3. The van der Waals surface area contributed by atoms with E-state index in [0.717, 1.165) is 18.6 Å². The predicted octanol–water partition coefficient (Wildman–Crippen LogP) is 3.56. The monoisotopic (exact) mass is 253 g/mol. The summed E-state index contributed by atoms with van der Waals surface area (Å²) in [4.78, 5) is 5.27. The van der Waals surface area contributed by atoms with Crippen molar-refractivity contribution in [2.75, 3.05) is 6.61 Å². The molecule has 4 heteroatoms. The molecule has 0 fully saturated rings. The van der Waals surface area contributed by atoms with Crippen molar-refractivity contribution < 1.29 is 4.74 Å². The van der Waals surface area contributed by atoms with E-state index in [4.69, 9.17) is 16.3 Å². The third kappa shape index (κ3) is 3.59. The first-order chi connectivity index (χ1) is 7.84. The fraction of sp³-hybridized carbons (Fsp3) is 0.250. The van der Waals surface area contributed by atoms with Gasteiger partial charge in [-0.25, -0.2) is 4.98 Å². The molecule has 0 saturated carbocycles. The van der Waals surface area contributed by atoms with Crippen LogP contribution >= 0.6 is 22.9 Å². The van der Waals surface area contributed by atoms with Crippen molar-refractivity contribution in [2.45, 2.75) is 13.0 Å². The van der Waals surface area contributed by atoms with Gasteiger partial charge in [-0.15, -0.1) is 11.3 Å². The van der Waals surface area contributed by atoms with Crippen LogP contribution in [-0.4, -0.2) is 11.6 Å². The van der Waals surface area contributed by atoms with Crippen LogP contribution in [0.3, 0.4) is 0 Å². The second kappa shape index (κ2) is 5.99. The van der Waals surface area contributed by atoms with Crippen LogP contribution in [0.1, 0.15) is 10.4 Å². The third-order valence-electron chi connectivity index (χ3n) is 2.13. The molecule has 0 aliphatic carbocycles. The number of pyridine rings is 1. The van der Waals surface area contributed by atoms with E-state index < -0.39 is 0 Å². The lowest BCUT2D eigenvalue weighted by Crippen LogP contribution is -1.98. The van der Waals surface area contributed by atoms with Crippen molar-refractivity contribution in [3.63, 3.8) is 0 Å².